The summed E-state index contributed by atoms with van der Waals surface area (Å²) >= 11 is 0. The third-order valence-electron chi connectivity index (χ3n) is 8.26. The van der Waals surface area contributed by atoms with Crippen molar-refractivity contribution in [2.24, 2.45) is 5.92 Å². The number of nitrogens with one attached hydrogen (secondary N) is 1. The summed E-state index contributed by atoms with van der Waals surface area (Å²) in [6.07, 6.45) is 6.99. The second-order valence-corrected chi connectivity index (χ2v) is 16.2. The normalized spacial score (nSPS) is 18.3. The zero-order valence-electron chi connectivity index (χ0n) is 22.8. The molecule has 2 atom stereocenters. The molecule has 38 heavy (non-hydrogen) atoms. The topological polar surface area (TPSA) is 101 Å². The fraction of sp³-hybridized carbons (Fsp3) is 0.433. The van der Waals surface area contributed by atoms with Crippen LogP contribution in [0, 0.1) is 11.7 Å². The van der Waals surface area contributed by atoms with Crippen LogP contribution in [-0.2, 0) is 6.54 Å². The predicted octanol–water partition coefficient (Wildman–Crippen LogP) is 6.44. The standard InChI is InChI=1S/C30H39FN4O2Si/c1-30(2,38(3,4)37)17-21-11-8-12-22(15-21)26-19-33-28(32)27(35-26)23-13-14-24(25(31)16-23)29(36)34-18-20-9-6-5-7-10-20/h5-7,9-10,13-14,16,19,21-22,37H,8,11-12,15,17-18H2,1-4H3,(H2,32,33)(H,34,36)/t21-,22+/m1/s1. The molecule has 0 saturated heterocycles. The lowest BCUT2D eigenvalue weighted by Crippen LogP contribution is -2.40. The minimum Gasteiger partial charge on any atom is -0.432 e. The van der Waals surface area contributed by atoms with Gasteiger partial charge in [0.2, 0.25) is 0 Å². The first-order valence-electron chi connectivity index (χ1n) is 13.4. The average Bonchev–Trinajstić information content (AvgIpc) is 2.87. The highest BCUT2D eigenvalue weighted by Crippen LogP contribution is 2.47. The number of rotatable bonds is 8. The van der Waals surface area contributed by atoms with Gasteiger partial charge in [0.05, 0.1) is 17.5 Å². The van der Waals surface area contributed by atoms with E-state index in [0.29, 0.717) is 23.7 Å². The Labute approximate surface area is 226 Å². The van der Waals surface area contributed by atoms with Gasteiger partial charge in [-0.15, -0.1) is 0 Å². The largest absolute Gasteiger partial charge is 0.432 e. The summed E-state index contributed by atoms with van der Waals surface area (Å²) in [6, 6.07) is 13.9. The van der Waals surface area contributed by atoms with Crippen LogP contribution in [0.1, 0.15) is 73.5 Å². The van der Waals surface area contributed by atoms with Crippen LogP contribution in [-0.4, -0.2) is 29.0 Å². The zero-order valence-corrected chi connectivity index (χ0v) is 23.8. The summed E-state index contributed by atoms with van der Waals surface area (Å²) in [5.74, 6) is -0.119. The van der Waals surface area contributed by atoms with Gasteiger partial charge in [0.25, 0.3) is 5.91 Å². The quantitative estimate of drug-likeness (QED) is 0.289. The Morgan fingerprint density at radius 2 is 1.92 bits per heavy atom. The Morgan fingerprint density at radius 3 is 2.61 bits per heavy atom. The number of halogens is 1. The second-order valence-electron chi connectivity index (χ2n) is 11.8. The molecule has 3 aromatic rings. The molecule has 4 rings (SSSR count). The minimum atomic E-state index is -2.28. The Kier molecular flexibility index (Phi) is 8.33. The lowest BCUT2D eigenvalue weighted by Gasteiger charge is -2.40. The molecule has 1 saturated carbocycles. The SMILES string of the molecule is CC(C)(C[C@@H]1CCC[C@H](c2cnc(N)c(-c3ccc(C(=O)NCc4ccccc4)c(F)c3)n2)C1)[Si](C)(C)O. The van der Waals surface area contributed by atoms with Crippen LogP contribution in [0.4, 0.5) is 10.2 Å². The Morgan fingerprint density at radius 1 is 1.18 bits per heavy atom. The van der Waals surface area contributed by atoms with Gasteiger partial charge in [-0.3, -0.25) is 4.79 Å². The highest BCUT2D eigenvalue weighted by Gasteiger charge is 2.40. The van der Waals surface area contributed by atoms with Crippen LogP contribution in [0.3, 0.4) is 0 Å². The number of hydrogen-bond donors (Lipinski definition) is 3. The van der Waals surface area contributed by atoms with Crippen molar-refractivity contribution in [1.82, 2.24) is 15.3 Å². The number of hydrogen-bond acceptors (Lipinski definition) is 5. The zero-order chi connectivity index (χ0) is 27.5. The summed E-state index contributed by atoms with van der Waals surface area (Å²) in [4.78, 5) is 32.6. The molecule has 2 aromatic carbocycles. The maximum atomic E-state index is 15.0. The van der Waals surface area contributed by atoms with Crippen molar-refractivity contribution >= 4 is 20.0 Å². The van der Waals surface area contributed by atoms with Crippen molar-refractivity contribution in [3.8, 4) is 11.3 Å². The first kappa shape index (κ1) is 27.9. The number of nitrogens with two attached hydrogens (primary N) is 1. The maximum absolute atomic E-state index is 15.0. The Hall–Kier alpha value is -3.10. The van der Waals surface area contributed by atoms with Gasteiger partial charge in [0.1, 0.15) is 17.3 Å². The molecule has 202 valence electrons. The summed E-state index contributed by atoms with van der Waals surface area (Å²) in [5, 5.41) is 2.70. The van der Waals surface area contributed by atoms with Crippen molar-refractivity contribution in [3.05, 3.63) is 77.4 Å². The number of nitrogen functional groups attached to an aromatic ring is 1. The molecule has 1 aliphatic rings. The highest BCUT2D eigenvalue weighted by atomic mass is 28.4. The van der Waals surface area contributed by atoms with Gasteiger partial charge in [0.15, 0.2) is 8.32 Å². The monoisotopic (exact) mass is 534 g/mol. The van der Waals surface area contributed by atoms with Gasteiger partial charge in [-0.1, -0.05) is 63.1 Å². The lowest BCUT2D eigenvalue weighted by molar-refractivity contribution is 0.0947. The van der Waals surface area contributed by atoms with E-state index in [1.807, 2.05) is 43.4 Å². The molecule has 1 aliphatic carbocycles. The number of benzene rings is 2. The fourth-order valence-corrected chi connectivity index (χ4v) is 6.05. The van der Waals surface area contributed by atoms with E-state index in [2.05, 4.69) is 24.1 Å². The van der Waals surface area contributed by atoms with Crippen molar-refractivity contribution in [2.75, 3.05) is 5.73 Å². The van der Waals surface area contributed by atoms with Crippen LogP contribution in [0.2, 0.25) is 18.1 Å². The molecule has 4 N–H and O–H groups in total. The number of aromatic nitrogens is 2. The average molecular weight is 535 g/mol. The van der Waals surface area contributed by atoms with Crippen molar-refractivity contribution in [1.29, 1.82) is 0 Å². The highest BCUT2D eigenvalue weighted by molar-refractivity contribution is 6.72. The van der Waals surface area contributed by atoms with Crippen LogP contribution < -0.4 is 11.1 Å². The molecule has 6 nitrogen and oxygen atoms in total. The van der Waals surface area contributed by atoms with Gasteiger partial charge >= 0.3 is 0 Å². The molecule has 1 heterocycles. The first-order valence-corrected chi connectivity index (χ1v) is 16.4. The number of amides is 1. The summed E-state index contributed by atoms with van der Waals surface area (Å²) in [6.45, 7) is 8.72. The number of carbonyl (C=O) groups excluding carboxylic acids is 1. The Balaban J connectivity index is 1.49. The molecule has 1 amide bonds. The van der Waals surface area contributed by atoms with E-state index in [4.69, 9.17) is 10.7 Å². The molecule has 0 unspecified atom stereocenters. The minimum absolute atomic E-state index is 0.0274. The van der Waals surface area contributed by atoms with Gasteiger partial charge in [0, 0.05) is 18.0 Å². The Bertz CT molecular complexity index is 1280. The molecular formula is C30H39FN4O2Si. The third-order valence-corrected chi connectivity index (χ3v) is 11.8. The van der Waals surface area contributed by atoms with Gasteiger partial charge in [-0.05, 0) is 61.0 Å². The first-order chi connectivity index (χ1) is 17.9. The molecule has 0 spiro atoms. The second kappa shape index (κ2) is 11.3. The van der Waals surface area contributed by atoms with Crippen molar-refractivity contribution < 1.29 is 14.0 Å². The maximum Gasteiger partial charge on any atom is 0.254 e. The lowest BCUT2D eigenvalue weighted by atomic mass is 9.76. The molecule has 0 radical (unpaired) electrons. The number of nitrogens with zero attached hydrogens (tertiary/aromatic N) is 2. The smallest absolute Gasteiger partial charge is 0.254 e. The van der Waals surface area contributed by atoms with Crippen LogP contribution in [0.15, 0.2) is 54.7 Å². The van der Waals surface area contributed by atoms with Gasteiger partial charge < -0.3 is 15.8 Å². The molecule has 1 aromatic heterocycles. The van der Waals surface area contributed by atoms with Crippen LogP contribution in [0.5, 0.6) is 0 Å². The molecule has 0 aliphatic heterocycles. The predicted molar refractivity (Wildman–Crippen MR) is 153 cm³/mol. The molecule has 1 fully saturated rings. The summed E-state index contributed by atoms with van der Waals surface area (Å²) < 4.78 is 15.0. The van der Waals surface area contributed by atoms with Crippen LogP contribution >= 0.6 is 0 Å². The molecular weight excluding hydrogens is 495 g/mol. The van der Waals surface area contributed by atoms with E-state index in [1.54, 1.807) is 12.3 Å². The fourth-order valence-electron chi connectivity index (χ4n) is 5.26. The van der Waals surface area contributed by atoms with Crippen LogP contribution in [0.25, 0.3) is 11.3 Å². The number of carbonyl (C=O) groups is 1. The molecule has 8 heteroatoms. The summed E-state index contributed by atoms with van der Waals surface area (Å²) in [5.41, 5.74) is 8.88. The van der Waals surface area contributed by atoms with Crippen molar-refractivity contribution in [3.63, 3.8) is 0 Å². The summed E-state index contributed by atoms with van der Waals surface area (Å²) in [7, 11) is -2.28. The van der Waals surface area contributed by atoms with Gasteiger partial charge in [-0.25, -0.2) is 14.4 Å². The van der Waals surface area contributed by atoms with E-state index in [9.17, 15) is 9.59 Å². The van der Waals surface area contributed by atoms with E-state index >= 15 is 4.39 Å². The van der Waals surface area contributed by atoms with Gasteiger partial charge in [-0.2, -0.15) is 0 Å². The van der Waals surface area contributed by atoms with E-state index in [1.165, 1.54) is 12.1 Å². The number of anilines is 1. The van der Waals surface area contributed by atoms with E-state index in [0.717, 1.165) is 43.4 Å². The van der Waals surface area contributed by atoms with E-state index < -0.39 is 20.0 Å². The van der Waals surface area contributed by atoms with Crippen molar-refractivity contribution in [2.45, 2.75) is 76.5 Å². The van der Waals surface area contributed by atoms with E-state index in [-0.39, 0.29) is 22.3 Å². The molecule has 0 bridgehead atoms. The third kappa shape index (κ3) is 6.47.